The Bertz CT molecular complexity index is 1180. The van der Waals surface area contributed by atoms with Crippen molar-refractivity contribution in [1.82, 2.24) is 4.98 Å². The van der Waals surface area contributed by atoms with Gasteiger partial charge in [0.05, 0.1) is 10.5 Å². The summed E-state index contributed by atoms with van der Waals surface area (Å²) in [6.45, 7) is 1.70. The van der Waals surface area contributed by atoms with E-state index in [0.29, 0.717) is 28.3 Å². The second kappa shape index (κ2) is 6.10. The summed E-state index contributed by atoms with van der Waals surface area (Å²) in [4.78, 5) is 37.2. The minimum atomic E-state index is -0.733. The van der Waals surface area contributed by atoms with Crippen molar-refractivity contribution < 1.29 is 18.9 Å². The fourth-order valence-corrected chi connectivity index (χ4v) is 2.94. The van der Waals surface area contributed by atoms with Gasteiger partial charge in [-0.2, -0.15) is 0 Å². The van der Waals surface area contributed by atoms with Crippen LogP contribution >= 0.6 is 0 Å². The van der Waals surface area contributed by atoms with E-state index < -0.39 is 16.5 Å². The largest absolute Gasteiger partial charge is 0.456 e. The number of nitro groups is 1. The smallest absolute Gasteiger partial charge is 0.349 e. The van der Waals surface area contributed by atoms with E-state index in [1.54, 1.807) is 43.3 Å². The van der Waals surface area contributed by atoms with Gasteiger partial charge in [-0.3, -0.25) is 14.9 Å². The Hall–Kier alpha value is -3.94. The van der Waals surface area contributed by atoms with Crippen LogP contribution in [0.4, 0.5) is 5.69 Å². The molecule has 1 N–H and O–H groups in total. The van der Waals surface area contributed by atoms with Gasteiger partial charge in [-0.05, 0) is 31.2 Å². The van der Waals surface area contributed by atoms with E-state index in [-0.39, 0.29) is 17.0 Å². The molecule has 4 rings (SSSR count). The number of H-pyrrole nitrogens is 1. The van der Waals surface area contributed by atoms with Crippen LogP contribution in [0.3, 0.4) is 0 Å². The lowest BCUT2D eigenvalue weighted by atomic mass is 10.1. The summed E-state index contributed by atoms with van der Waals surface area (Å²) in [5, 5.41) is 11.2. The third kappa shape index (κ3) is 2.82. The van der Waals surface area contributed by atoms with Gasteiger partial charge in [-0.25, -0.2) is 4.79 Å². The van der Waals surface area contributed by atoms with Gasteiger partial charge in [0.15, 0.2) is 0 Å². The summed E-state index contributed by atoms with van der Waals surface area (Å²) in [6.07, 6.45) is 1.47. The number of ether oxygens (including phenoxy) is 1. The second-order valence-electron chi connectivity index (χ2n) is 5.94. The second-order valence-corrected chi connectivity index (χ2v) is 5.94. The molecule has 0 saturated heterocycles. The number of aryl methyl sites for hydroxylation is 1. The normalized spacial score (nSPS) is 14.3. The quantitative estimate of drug-likeness (QED) is 0.432. The number of furan rings is 1. The first-order valence-electron chi connectivity index (χ1n) is 7.96. The molecule has 1 aliphatic rings. The van der Waals surface area contributed by atoms with Crippen molar-refractivity contribution in [2.75, 3.05) is 0 Å². The Labute approximate surface area is 151 Å². The molecule has 0 atom stereocenters. The number of pyridine rings is 1. The SMILES string of the molecule is Cc1cc2c(c(=O)[nH]1)C(=O)OC2=Cc1ccc(-c2ccccc2[N+](=O)[O-])o1. The number of carbonyl (C=O) groups excluding carboxylic acids is 1. The number of carbonyl (C=O) groups is 1. The minimum Gasteiger partial charge on any atom is -0.456 e. The fraction of sp³-hybridized carbons (Fsp3) is 0.0526. The first kappa shape index (κ1) is 16.5. The lowest BCUT2D eigenvalue weighted by Gasteiger charge is -2.00. The van der Waals surface area contributed by atoms with Crippen LogP contribution in [-0.2, 0) is 4.74 Å². The number of benzene rings is 1. The van der Waals surface area contributed by atoms with Gasteiger partial charge < -0.3 is 14.1 Å². The molecule has 8 nitrogen and oxygen atoms in total. The lowest BCUT2D eigenvalue weighted by Crippen LogP contribution is -2.16. The van der Waals surface area contributed by atoms with E-state index in [1.165, 1.54) is 12.1 Å². The van der Waals surface area contributed by atoms with Crippen LogP contribution in [-0.4, -0.2) is 15.9 Å². The van der Waals surface area contributed by atoms with Gasteiger partial charge in [0.2, 0.25) is 0 Å². The highest BCUT2D eigenvalue weighted by Gasteiger charge is 2.30. The highest BCUT2D eigenvalue weighted by Crippen LogP contribution is 2.33. The molecule has 0 saturated carbocycles. The molecule has 0 spiro atoms. The van der Waals surface area contributed by atoms with E-state index in [2.05, 4.69) is 4.98 Å². The fourth-order valence-electron chi connectivity index (χ4n) is 2.94. The molecule has 8 heteroatoms. The molecule has 1 aromatic carbocycles. The number of cyclic esters (lactones) is 1. The molecule has 134 valence electrons. The molecule has 0 unspecified atom stereocenters. The van der Waals surface area contributed by atoms with Crippen LogP contribution in [0.25, 0.3) is 23.2 Å². The number of esters is 1. The Morgan fingerprint density at radius 3 is 2.67 bits per heavy atom. The molecule has 0 bridgehead atoms. The van der Waals surface area contributed by atoms with E-state index in [1.807, 2.05) is 0 Å². The summed E-state index contributed by atoms with van der Waals surface area (Å²) in [5.41, 5.74) is 0.651. The van der Waals surface area contributed by atoms with Crippen molar-refractivity contribution in [2.24, 2.45) is 0 Å². The van der Waals surface area contributed by atoms with Gasteiger partial charge in [-0.1, -0.05) is 12.1 Å². The van der Waals surface area contributed by atoms with E-state index in [9.17, 15) is 19.7 Å². The molecule has 0 fully saturated rings. The van der Waals surface area contributed by atoms with Crippen LogP contribution in [0.5, 0.6) is 0 Å². The number of para-hydroxylation sites is 1. The van der Waals surface area contributed by atoms with Gasteiger partial charge >= 0.3 is 5.97 Å². The lowest BCUT2D eigenvalue weighted by molar-refractivity contribution is -0.384. The Balaban J connectivity index is 1.76. The zero-order valence-corrected chi connectivity index (χ0v) is 14.0. The number of hydrogen-bond acceptors (Lipinski definition) is 6. The van der Waals surface area contributed by atoms with Crippen molar-refractivity contribution in [3.8, 4) is 11.3 Å². The predicted molar refractivity (Wildman–Crippen MR) is 95.9 cm³/mol. The van der Waals surface area contributed by atoms with Crippen LogP contribution in [0.1, 0.15) is 27.4 Å². The summed E-state index contributed by atoms with van der Waals surface area (Å²) in [7, 11) is 0. The van der Waals surface area contributed by atoms with Crippen LogP contribution in [0.2, 0.25) is 0 Å². The molecule has 2 aromatic heterocycles. The predicted octanol–water partition coefficient (Wildman–Crippen LogP) is 3.52. The van der Waals surface area contributed by atoms with E-state index in [0.717, 1.165) is 0 Å². The molecular weight excluding hydrogens is 352 g/mol. The Morgan fingerprint density at radius 2 is 1.89 bits per heavy atom. The summed E-state index contributed by atoms with van der Waals surface area (Å²) in [6, 6.07) is 11.1. The van der Waals surface area contributed by atoms with E-state index in [4.69, 9.17) is 9.15 Å². The maximum atomic E-state index is 12.0. The zero-order valence-electron chi connectivity index (χ0n) is 14.0. The molecule has 0 aliphatic carbocycles. The number of rotatable bonds is 3. The van der Waals surface area contributed by atoms with Crippen molar-refractivity contribution >= 4 is 23.5 Å². The maximum Gasteiger partial charge on any atom is 0.349 e. The highest BCUT2D eigenvalue weighted by molar-refractivity contribution is 6.05. The average molecular weight is 364 g/mol. The minimum absolute atomic E-state index is 0.0580. The molecule has 27 heavy (non-hydrogen) atoms. The Kier molecular flexibility index (Phi) is 3.73. The average Bonchev–Trinajstić information content (AvgIpc) is 3.20. The molecule has 3 aromatic rings. The van der Waals surface area contributed by atoms with Crippen LogP contribution < -0.4 is 5.56 Å². The maximum absolute atomic E-state index is 12.0. The van der Waals surface area contributed by atoms with E-state index >= 15 is 0 Å². The van der Waals surface area contributed by atoms with Crippen LogP contribution in [0.15, 0.2) is 51.7 Å². The number of hydrogen-bond donors (Lipinski definition) is 1. The molecule has 1 aliphatic heterocycles. The number of nitrogens with zero attached hydrogens (tertiary/aromatic N) is 1. The zero-order chi connectivity index (χ0) is 19.1. The first-order chi connectivity index (χ1) is 12.9. The van der Waals surface area contributed by atoms with Gasteiger partial charge in [0.1, 0.15) is 22.8 Å². The van der Waals surface area contributed by atoms with Crippen molar-refractivity contribution in [3.05, 3.63) is 85.5 Å². The van der Waals surface area contributed by atoms with Gasteiger partial charge in [0.25, 0.3) is 11.2 Å². The molecule has 3 heterocycles. The standard InChI is InChI=1S/C19H12N2O6/c1-10-8-13-16(27-19(23)17(13)18(22)20-10)9-11-6-7-15(26-11)12-4-2-3-5-14(12)21(24)25/h2-9H,1H3,(H,20,22). The monoisotopic (exact) mass is 364 g/mol. The number of aromatic nitrogens is 1. The van der Waals surface area contributed by atoms with Gasteiger partial charge in [-0.15, -0.1) is 0 Å². The van der Waals surface area contributed by atoms with Crippen molar-refractivity contribution in [1.29, 1.82) is 0 Å². The molecular formula is C19H12N2O6. The number of nitro benzene ring substituents is 1. The first-order valence-corrected chi connectivity index (χ1v) is 7.96. The third-order valence-corrected chi connectivity index (χ3v) is 4.11. The third-order valence-electron chi connectivity index (χ3n) is 4.11. The number of nitrogens with one attached hydrogen (secondary N) is 1. The summed E-state index contributed by atoms with van der Waals surface area (Å²) < 4.78 is 10.9. The topological polar surface area (TPSA) is 115 Å². The van der Waals surface area contributed by atoms with Crippen LogP contribution in [0, 0.1) is 17.0 Å². The van der Waals surface area contributed by atoms with Crippen molar-refractivity contribution in [3.63, 3.8) is 0 Å². The summed E-state index contributed by atoms with van der Waals surface area (Å²) in [5.74, 6) is 0.0909. The number of fused-ring (bicyclic) bond motifs is 1. The Morgan fingerprint density at radius 1 is 1.11 bits per heavy atom. The number of aromatic amines is 1. The van der Waals surface area contributed by atoms with Gasteiger partial charge in [0, 0.05) is 23.4 Å². The molecule has 0 radical (unpaired) electrons. The summed E-state index contributed by atoms with van der Waals surface area (Å²) >= 11 is 0. The van der Waals surface area contributed by atoms with Crippen molar-refractivity contribution in [2.45, 2.75) is 6.92 Å². The molecule has 0 amide bonds. The highest BCUT2D eigenvalue weighted by atomic mass is 16.6.